The maximum atomic E-state index is 12.5. The lowest BCUT2D eigenvalue weighted by molar-refractivity contribution is -0.113. The van der Waals surface area contributed by atoms with Gasteiger partial charge in [-0.2, -0.15) is 0 Å². The van der Waals surface area contributed by atoms with Gasteiger partial charge in [-0.05, 0) is 49.4 Å². The van der Waals surface area contributed by atoms with Crippen LogP contribution in [0.1, 0.15) is 46.5 Å². The first-order valence-electron chi connectivity index (χ1n) is 9.09. The topological polar surface area (TPSA) is 81.4 Å². The van der Waals surface area contributed by atoms with Gasteiger partial charge in [0, 0.05) is 15.5 Å². The summed E-state index contributed by atoms with van der Waals surface area (Å²) >= 11 is 2.94. The second-order valence-corrected chi connectivity index (χ2v) is 8.68. The molecule has 1 heterocycles. The van der Waals surface area contributed by atoms with E-state index >= 15 is 0 Å². The third-order valence-corrected chi connectivity index (χ3v) is 6.74. The molecule has 1 aliphatic rings. The monoisotopic (exact) mass is 404 g/mol. The molecule has 1 aromatic heterocycles. The average Bonchev–Trinajstić information content (AvgIpc) is 2.95. The van der Waals surface area contributed by atoms with Gasteiger partial charge in [0.05, 0.1) is 18.4 Å². The molecule has 0 atom stereocenters. The van der Waals surface area contributed by atoms with Gasteiger partial charge in [-0.3, -0.25) is 4.79 Å². The van der Waals surface area contributed by atoms with Crippen LogP contribution < -0.4 is 11.1 Å². The summed E-state index contributed by atoms with van der Waals surface area (Å²) in [5.74, 6) is -0.249. The van der Waals surface area contributed by atoms with Crippen molar-refractivity contribution in [2.75, 3.05) is 23.9 Å². The smallest absolute Gasteiger partial charge is 0.341 e. The van der Waals surface area contributed by atoms with Gasteiger partial charge >= 0.3 is 5.97 Å². The standard InChI is InChI=1S/C20H24N2O3S2/c1-25-20(24)18-15-9-4-2-3-5-10-16(15)27-19(18)22-17(23)12-26-14-8-6-7-13(21)11-14/h6-8,11H,2-5,9-10,12,21H2,1H3,(H,22,23). The van der Waals surface area contributed by atoms with Crippen molar-refractivity contribution in [2.45, 2.75) is 43.4 Å². The van der Waals surface area contributed by atoms with E-state index in [0.717, 1.165) is 36.1 Å². The van der Waals surface area contributed by atoms with Crippen LogP contribution in [-0.2, 0) is 22.4 Å². The number of thioether (sulfide) groups is 1. The summed E-state index contributed by atoms with van der Waals surface area (Å²) in [6.07, 6.45) is 6.39. The van der Waals surface area contributed by atoms with E-state index in [1.54, 1.807) is 0 Å². The number of amides is 1. The molecule has 5 nitrogen and oxygen atoms in total. The molecule has 0 saturated carbocycles. The first-order valence-corrected chi connectivity index (χ1v) is 10.9. The molecule has 144 valence electrons. The number of aryl methyl sites for hydroxylation is 1. The van der Waals surface area contributed by atoms with Gasteiger partial charge in [0.15, 0.2) is 0 Å². The number of nitrogens with one attached hydrogen (secondary N) is 1. The highest BCUT2D eigenvalue weighted by atomic mass is 32.2. The summed E-state index contributed by atoms with van der Waals surface area (Å²) in [6, 6.07) is 7.44. The fourth-order valence-electron chi connectivity index (χ4n) is 3.24. The fourth-order valence-corrected chi connectivity index (χ4v) is 5.30. The molecule has 7 heteroatoms. The van der Waals surface area contributed by atoms with Crippen molar-refractivity contribution in [1.82, 2.24) is 0 Å². The van der Waals surface area contributed by atoms with E-state index in [4.69, 9.17) is 10.5 Å². The first kappa shape index (κ1) is 19.8. The number of fused-ring (bicyclic) bond motifs is 1. The summed E-state index contributed by atoms with van der Waals surface area (Å²) in [6.45, 7) is 0. The van der Waals surface area contributed by atoms with Crippen molar-refractivity contribution in [3.63, 3.8) is 0 Å². The highest BCUT2D eigenvalue weighted by Gasteiger charge is 2.25. The third-order valence-electron chi connectivity index (χ3n) is 4.54. The van der Waals surface area contributed by atoms with Crippen LogP contribution >= 0.6 is 23.1 Å². The molecule has 1 aliphatic carbocycles. The predicted molar refractivity (Wildman–Crippen MR) is 112 cm³/mol. The molecular weight excluding hydrogens is 380 g/mol. The molecule has 0 spiro atoms. The number of hydrogen-bond donors (Lipinski definition) is 2. The van der Waals surface area contributed by atoms with Crippen molar-refractivity contribution in [3.8, 4) is 0 Å². The molecular formula is C20H24N2O3S2. The number of benzene rings is 1. The second kappa shape index (κ2) is 9.28. The van der Waals surface area contributed by atoms with E-state index < -0.39 is 0 Å². The van der Waals surface area contributed by atoms with Crippen molar-refractivity contribution >= 4 is 45.7 Å². The van der Waals surface area contributed by atoms with Crippen LogP contribution in [0.15, 0.2) is 29.2 Å². The minimum Gasteiger partial charge on any atom is -0.465 e. The van der Waals surface area contributed by atoms with Crippen molar-refractivity contribution < 1.29 is 14.3 Å². The normalized spacial score (nSPS) is 14.0. The van der Waals surface area contributed by atoms with E-state index in [1.165, 1.54) is 47.9 Å². The van der Waals surface area contributed by atoms with E-state index in [0.29, 0.717) is 16.3 Å². The molecule has 0 bridgehead atoms. The highest BCUT2D eigenvalue weighted by Crippen LogP contribution is 2.37. The number of anilines is 2. The molecule has 0 saturated heterocycles. The van der Waals surface area contributed by atoms with Crippen LogP contribution in [0, 0.1) is 0 Å². The molecule has 0 fully saturated rings. The lowest BCUT2D eigenvalue weighted by atomic mass is 9.96. The lowest BCUT2D eigenvalue weighted by Gasteiger charge is -2.11. The quantitative estimate of drug-likeness (QED) is 0.435. The number of methoxy groups -OCH3 is 1. The number of esters is 1. The Hall–Kier alpha value is -1.99. The first-order chi connectivity index (χ1) is 13.1. The Kier molecular flexibility index (Phi) is 6.79. The summed E-state index contributed by atoms with van der Waals surface area (Å²) < 4.78 is 4.99. The third kappa shape index (κ3) is 5.05. The molecule has 1 aromatic carbocycles. The van der Waals surface area contributed by atoms with E-state index in [2.05, 4.69) is 5.32 Å². The van der Waals surface area contributed by atoms with Crippen LogP contribution in [0.3, 0.4) is 0 Å². The molecule has 27 heavy (non-hydrogen) atoms. The van der Waals surface area contributed by atoms with Gasteiger partial charge in [0.1, 0.15) is 5.00 Å². The van der Waals surface area contributed by atoms with Gasteiger partial charge in [0.25, 0.3) is 0 Å². The summed E-state index contributed by atoms with van der Waals surface area (Å²) in [7, 11) is 1.39. The molecule has 0 radical (unpaired) electrons. The Balaban J connectivity index is 1.75. The van der Waals surface area contributed by atoms with Crippen molar-refractivity contribution in [3.05, 3.63) is 40.3 Å². The van der Waals surface area contributed by atoms with Gasteiger partial charge in [0.2, 0.25) is 5.91 Å². The summed E-state index contributed by atoms with van der Waals surface area (Å²) in [5.41, 5.74) is 8.05. The second-order valence-electron chi connectivity index (χ2n) is 6.52. The lowest BCUT2D eigenvalue weighted by Crippen LogP contribution is -2.16. The zero-order valence-electron chi connectivity index (χ0n) is 15.4. The zero-order valence-corrected chi connectivity index (χ0v) is 17.0. The molecule has 2 aromatic rings. The van der Waals surface area contributed by atoms with Gasteiger partial charge in [-0.15, -0.1) is 23.1 Å². The van der Waals surface area contributed by atoms with Crippen molar-refractivity contribution in [1.29, 1.82) is 0 Å². The van der Waals surface area contributed by atoms with Crippen LogP contribution in [0.4, 0.5) is 10.7 Å². The maximum Gasteiger partial charge on any atom is 0.341 e. The number of rotatable bonds is 5. The Morgan fingerprint density at radius 3 is 2.74 bits per heavy atom. The van der Waals surface area contributed by atoms with Crippen LogP contribution in [0.5, 0.6) is 0 Å². The number of nitrogen functional groups attached to an aromatic ring is 1. The van der Waals surface area contributed by atoms with E-state index in [1.807, 2.05) is 24.3 Å². The molecule has 0 unspecified atom stereocenters. The number of carbonyl (C=O) groups excluding carboxylic acids is 2. The largest absolute Gasteiger partial charge is 0.465 e. The average molecular weight is 405 g/mol. The minimum absolute atomic E-state index is 0.137. The summed E-state index contributed by atoms with van der Waals surface area (Å²) in [5, 5.41) is 3.55. The maximum absolute atomic E-state index is 12.5. The number of carbonyl (C=O) groups is 2. The van der Waals surface area contributed by atoms with Crippen LogP contribution in [0.2, 0.25) is 0 Å². The van der Waals surface area contributed by atoms with Crippen LogP contribution in [0.25, 0.3) is 0 Å². The SMILES string of the molecule is COC(=O)c1c(NC(=O)CSc2cccc(N)c2)sc2c1CCCCCC2. The van der Waals surface area contributed by atoms with Crippen molar-refractivity contribution in [2.24, 2.45) is 0 Å². The highest BCUT2D eigenvalue weighted by molar-refractivity contribution is 8.00. The fraction of sp³-hybridized carbons (Fsp3) is 0.400. The van der Waals surface area contributed by atoms with E-state index in [9.17, 15) is 9.59 Å². The predicted octanol–water partition coefficient (Wildman–Crippen LogP) is 4.51. The molecule has 1 amide bonds. The minimum atomic E-state index is -0.369. The molecule has 0 aliphatic heterocycles. The summed E-state index contributed by atoms with van der Waals surface area (Å²) in [4.78, 5) is 27.0. The number of thiophene rings is 1. The zero-order chi connectivity index (χ0) is 19.2. The van der Waals surface area contributed by atoms with Crippen LogP contribution in [-0.4, -0.2) is 24.7 Å². The van der Waals surface area contributed by atoms with Gasteiger partial charge in [-0.25, -0.2) is 4.79 Å². The van der Waals surface area contributed by atoms with E-state index in [-0.39, 0.29) is 17.6 Å². The number of hydrogen-bond acceptors (Lipinski definition) is 6. The Morgan fingerprint density at radius 1 is 1.22 bits per heavy atom. The Morgan fingerprint density at radius 2 is 2.00 bits per heavy atom. The van der Waals surface area contributed by atoms with Gasteiger partial charge in [-0.1, -0.05) is 18.9 Å². The number of nitrogens with two attached hydrogens (primary N) is 1. The molecule has 3 rings (SSSR count). The Bertz CT molecular complexity index is 833. The Labute approximate surface area is 167 Å². The number of ether oxygens (including phenoxy) is 1. The van der Waals surface area contributed by atoms with Gasteiger partial charge < -0.3 is 15.8 Å². The molecule has 3 N–H and O–H groups in total.